The molecule has 1 saturated heterocycles. The molecule has 4 nitrogen and oxygen atoms in total. The first-order valence-electron chi connectivity index (χ1n) is 7.57. The van der Waals surface area contributed by atoms with Crippen LogP contribution in [-0.4, -0.2) is 34.1 Å². The molecule has 1 N–H and O–H groups in total. The number of carbonyl (C=O) groups excluding carboxylic acids is 1. The topological polar surface area (TPSA) is 49.0 Å². The fraction of sp³-hybridized carbons (Fsp3) is 0.412. The monoisotopic (exact) mass is 283 g/mol. The summed E-state index contributed by atoms with van der Waals surface area (Å²) in [5, 5.41) is 7.16. The number of rotatable bonds is 3. The Morgan fingerprint density at radius 3 is 2.76 bits per heavy atom. The van der Waals surface area contributed by atoms with Crippen LogP contribution in [0.15, 0.2) is 30.5 Å². The number of hydrogen-bond donors (Lipinski definition) is 1. The van der Waals surface area contributed by atoms with Crippen LogP contribution < -0.4 is 0 Å². The average molecular weight is 283 g/mol. The molecular weight excluding hydrogens is 262 g/mol. The maximum absolute atomic E-state index is 12.5. The van der Waals surface area contributed by atoms with Gasteiger partial charge in [0.15, 0.2) is 0 Å². The molecule has 1 amide bonds. The number of H-pyrrole nitrogens is 1. The van der Waals surface area contributed by atoms with E-state index in [1.165, 1.54) is 16.8 Å². The normalized spacial score (nSPS) is 18.2. The molecule has 1 aliphatic rings. The molecule has 0 saturated carbocycles. The molecular formula is C17H21N3O. The van der Waals surface area contributed by atoms with E-state index in [2.05, 4.69) is 24.0 Å². The highest BCUT2D eigenvalue weighted by Gasteiger charge is 2.29. The second-order valence-electron chi connectivity index (χ2n) is 5.75. The third kappa shape index (κ3) is 2.71. The van der Waals surface area contributed by atoms with Crippen molar-refractivity contribution in [2.75, 3.05) is 13.1 Å². The quantitative estimate of drug-likeness (QED) is 0.941. The Bertz CT molecular complexity index is 630. The molecule has 21 heavy (non-hydrogen) atoms. The zero-order valence-electron chi connectivity index (χ0n) is 12.6. The summed E-state index contributed by atoms with van der Waals surface area (Å²) in [7, 11) is 0. The van der Waals surface area contributed by atoms with Gasteiger partial charge in [0, 0.05) is 30.3 Å². The lowest BCUT2D eigenvalue weighted by Gasteiger charge is -2.16. The molecule has 110 valence electrons. The Balaban J connectivity index is 1.70. The summed E-state index contributed by atoms with van der Waals surface area (Å²) < 4.78 is 0. The molecule has 2 heterocycles. The summed E-state index contributed by atoms with van der Waals surface area (Å²) in [5.41, 5.74) is 4.40. The molecule has 0 radical (unpaired) electrons. The Morgan fingerprint density at radius 2 is 2.14 bits per heavy atom. The molecule has 0 bridgehead atoms. The first-order valence-corrected chi connectivity index (χ1v) is 7.57. The first kappa shape index (κ1) is 13.9. The molecule has 3 rings (SSSR count). The first-order chi connectivity index (χ1) is 10.2. The molecule has 1 fully saturated rings. The SMILES string of the molecule is CCc1ccc(C(=O)N2CC[C@@H](c3[nH]ncc3C)C2)cc1. The lowest BCUT2D eigenvalue weighted by Crippen LogP contribution is -2.28. The second kappa shape index (κ2) is 5.72. The molecule has 2 aromatic rings. The van der Waals surface area contributed by atoms with Crippen molar-refractivity contribution < 1.29 is 4.79 Å². The molecule has 0 aliphatic carbocycles. The van der Waals surface area contributed by atoms with Gasteiger partial charge in [0.2, 0.25) is 0 Å². The van der Waals surface area contributed by atoms with E-state index in [-0.39, 0.29) is 5.91 Å². The van der Waals surface area contributed by atoms with Crippen molar-refractivity contribution in [3.05, 3.63) is 52.8 Å². The fourth-order valence-electron chi connectivity index (χ4n) is 3.02. The maximum atomic E-state index is 12.5. The zero-order valence-corrected chi connectivity index (χ0v) is 12.6. The number of hydrogen-bond acceptors (Lipinski definition) is 2. The largest absolute Gasteiger partial charge is 0.338 e. The maximum Gasteiger partial charge on any atom is 0.253 e. The van der Waals surface area contributed by atoms with Gasteiger partial charge in [0.1, 0.15) is 0 Å². The van der Waals surface area contributed by atoms with E-state index >= 15 is 0 Å². The Labute approximate surface area is 125 Å². The molecule has 1 aliphatic heterocycles. The lowest BCUT2D eigenvalue weighted by atomic mass is 10.0. The van der Waals surface area contributed by atoms with Gasteiger partial charge in [-0.25, -0.2) is 0 Å². The number of nitrogens with one attached hydrogen (secondary N) is 1. The zero-order chi connectivity index (χ0) is 14.8. The molecule has 1 aromatic heterocycles. The van der Waals surface area contributed by atoms with Crippen molar-refractivity contribution in [3.8, 4) is 0 Å². The van der Waals surface area contributed by atoms with Crippen LogP contribution in [0.1, 0.15) is 46.4 Å². The molecule has 1 aromatic carbocycles. The van der Waals surface area contributed by atoms with E-state index in [0.29, 0.717) is 5.92 Å². The summed E-state index contributed by atoms with van der Waals surface area (Å²) in [6.45, 7) is 5.77. The Hall–Kier alpha value is -2.10. The van der Waals surface area contributed by atoms with Gasteiger partial charge in [-0.1, -0.05) is 19.1 Å². The highest BCUT2D eigenvalue weighted by molar-refractivity contribution is 5.94. The van der Waals surface area contributed by atoms with Crippen LogP contribution in [0.4, 0.5) is 0 Å². The van der Waals surface area contributed by atoms with Gasteiger partial charge in [0.25, 0.3) is 5.91 Å². The highest BCUT2D eigenvalue weighted by Crippen LogP contribution is 2.28. The minimum Gasteiger partial charge on any atom is -0.338 e. The van der Waals surface area contributed by atoms with E-state index in [4.69, 9.17) is 0 Å². The van der Waals surface area contributed by atoms with Crippen molar-refractivity contribution in [3.63, 3.8) is 0 Å². The van der Waals surface area contributed by atoms with Gasteiger partial charge in [-0.3, -0.25) is 9.89 Å². The lowest BCUT2D eigenvalue weighted by molar-refractivity contribution is 0.0790. The van der Waals surface area contributed by atoms with Crippen molar-refractivity contribution in [2.24, 2.45) is 0 Å². The number of nitrogens with zero attached hydrogens (tertiary/aromatic N) is 2. The number of amides is 1. The van der Waals surface area contributed by atoms with Gasteiger partial charge < -0.3 is 4.90 Å². The minimum absolute atomic E-state index is 0.136. The summed E-state index contributed by atoms with van der Waals surface area (Å²) >= 11 is 0. The van der Waals surface area contributed by atoms with Crippen LogP contribution in [0.3, 0.4) is 0 Å². The van der Waals surface area contributed by atoms with E-state index in [9.17, 15) is 4.79 Å². The molecule has 0 spiro atoms. The van der Waals surface area contributed by atoms with Gasteiger partial charge in [-0.2, -0.15) is 5.10 Å². The van der Waals surface area contributed by atoms with Gasteiger partial charge in [-0.15, -0.1) is 0 Å². The van der Waals surface area contributed by atoms with E-state index in [0.717, 1.165) is 31.5 Å². The van der Waals surface area contributed by atoms with Crippen LogP contribution in [0.2, 0.25) is 0 Å². The minimum atomic E-state index is 0.136. The van der Waals surface area contributed by atoms with Crippen molar-refractivity contribution in [1.82, 2.24) is 15.1 Å². The summed E-state index contributed by atoms with van der Waals surface area (Å²) in [5.74, 6) is 0.517. The molecule has 1 atom stereocenters. The van der Waals surface area contributed by atoms with Crippen molar-refractivity contribution >= 4 is 5.91 Å². The van der Waals surface area contributed by atoms with Gasteiger partial charge in [-0.05, 0) is 43.0 Å². The fourth-order valence-corrected chi connectivity index (χ4v) is 3.02. The molecule has 0 unspecified atom stereocenters. The van der Waals surface area contributed by atoms with E-state index in [1.807, 2.05) is 35.4 Å². The number of aromatic nitrogens is 2. The number of aryl methyl sites for hydroxylation is 2. The van der Waals surface area contributed by atoms with Crippen molar-refractivity contribution in [2.45, 2.75) is 32.6 Å². The smallest absolute Gasteiger partial charge is 0.253 e. The average Bonchev–Trinajstić information content (AvgIpc) is 3.15. The third-order valence-corrected chi connectivity index (χ3v) is 4.36. The molecule has 4 heteroatoms. The number of aromatic amines is 1. The summed E-state index contributed by atoms with van der Waals surface area (Å²) in [4.78, 5) is 14.5. The number of carbonyl (C=O) groups is 1. The van der Waals surface area contributed by atoms with Gasteiger partial charge in [0.05, 0.1) is 6.20 Å². The van der Waals surface area contributed by atoms with Crippen molar-refractivity contribution in [1.29, 1.82) is 0 Å². The van der Waals surface area contributed by atoms with Crippen LogP contribution >= 0.6 is 0 Å². The Kier molecular flexibility index (Phi) is 3.78. The number of benzene rings is 1. The van der Waals surface area contributed by atoms with Gasteiger partial charge >= 0.3 is 0 Å². The van der Waals surface area contributed by atoms with Crippen LogP contribution in [0, 0.1) is 6.92 Å². The highest BCUT2D eigenvalue weighted by atomic mass is 16.2. The Morgan fingerprint density at radius 1 is 1.38 bits per heavy atom. The van der Waals surface area contributed by atoms with Crippen LogP contribution in [0.5, 0.6) is 0 Å². The van der Waals surface area contributed by atoms with E-state index < -0.39 is 0 Å². The summed E-state index contributed by atoms with van der Waals surface area (Å²) in [6.07, 6.45) is 3.85. The summed E-state index contributed by atoms with van der Waals surface area (Å²) in [6, 6.07) is 7.96. The van der Waals surface area contributed by atoms with Crippen LogP contribution in [0.25, 0.3) is 0 Å². The predicted octanol–water partition coefficient (Wildman–Crippen LogP) is 2.91. The number of likely N-dealkylation sites (tertiary alicyclic amines) is 1. The standard InChI is InChI=1S/C17H21N3O/c1-3-13-4-6-14(7-5-13)17(21)20-9-8-15(11-20)16-12(2)10-18-19-16/h4-7,10,15H,3,8-9,11H2,1-2H3,(H,18,19)/t15-/m1/s1. The van der Waals surface area contributed by atoms with E-state index in [1.54, 1.807) is 0 Å². The van der Waals surface area contributed by atoms with Crippen LogP contribution in [-0.2, 0) is 6.42 Å². The third-order valence-electron chi connectivity index (χ3n) is 4.36. The predicted molar refractivity (Wildman–Crippen MR) is 82.4 cm³/mol. The second-order valence-corrected chi connectivity index (χ2v) is 5.75.